The van der Waals surface area contributed by atoms with Crippen LogP contribution in [0.2, 0.25) is 0 Å². The number of rotatable bonds is 5. The van der Waals surface area contributed by atoms with Gasteiger partial charge in [0.25, 0.3) is 5.56 Å². The van der Waals surface area contributed by atoms with E-state index in [4.69, 9.17) is 4.74 Å². The molecule has 0 N–H and O–H groups in total. The number of pyridine rings is 1. The number of carbonyl (C=O) groups excluding carboxylic acids is 1. The van der Waals surface area contributed by atoms with Crippen molar-refractivity contribution in [1.29, 1.82) is 0 Å². The fourth-order valence-electron chi connectivity index (χ4n) is 3.10. The first-order valence-corrected chi connectivity index (χ1v) is 8.69. The molecule has 5 heteroatoms. The van der Waals surface area contributed by atoms with Gasteiger partial charge in [0, 0.05) is 38.2 Å². The third-order valence-electron chi connectivity index (χ3n) is 4.75. The Morgan fingerprint density at radius 3 is 2.72 bits per heavy atom. The molecule has 2 heterocycles. The predicted molar refractivity (Wildman–Crippen MR) is 96.8 cm³/mol. The highest BCUT2D eigenvalue weighted by Crippen LogP contribution is 2.19. The van der Waals surface area contributed by atoms with Crippen LogP contribution in [0, 0.1) is 6.92 Å². The van der Waals surface area contributed by atoms with Crippen LogP contribution in [0.1, 0.15) is 24.1 Å². The highest BCUT2D eigenvalue weighted by Gasteiger charge is 2.27. The summed E-state index contributed by atoms with van der Waals surface area (Å²) in [5, 5.41) is 0. The lowest BCUT2D eigenvalue weighted by molar-refractivity contribution is -0.130. The number of ether oxygens (including phenoxy) is 1. The van der Waals surface area contributed by atoms with Gasteiger partial charge in [0.05, 0.1) is 6.54 Å². The molecule has 1 aromatic carbocycles. The van der Waals surface area contributed by atoms with Crippen LogP contribution >= 0.6 is 0 Å². The molecule has 1 atom stereocenters. The summed E-state index contributed by atoms with van der Waals surface area (Å²) < 4.78 is 7.51. The van der Waals surface area contributed by atoms with Gasteiger partial charge in [-0.3, -0.25) is 9.59 Å². The molecule has 1 saturated heterocycles. The van der Waals surface area contributed by atoms with Crippen LogP contribution in [0.4, 0.5) is 0 Å². The molecular formula is C20H24N2O3. The fraction of sp³-hybridized carbons (Fsp3) is 0.400. The van der Waals surface area contributed by atoms with Crippen molar-refractivity contribution in [2.45, 2.75) is 32.3 Å². The SMILES string of the molecule is Cc1cc(O[C@H]2CCN(C(=O)CCc3ccccc3)C2)cc(=O)n1C. The number of carbonyl (C=O) groups is 1. The molecule has 1 aliphatic rings. The number of nitrogens with zero attached hydrogens (tertiary/aromatic N) is 2. The van der Waals surface area contributed by atoms with Gasteiger partial charge in [-0.1, -0.05) is 30.3 Å². The number of benzene rings is 1. The maximum Gasteiger partial charge on any atom is 0.254 e. The molecule has 0 bridgehead atoms. The summed E-state index contributed by atoms with van der Waals surface area (Å²) in [6.07, 6.45) is 2.02. The van der Waals surface area contributed by atoms with Crippen molar-refractivity contribution in [3.8, 4) is 5.75 Å². The molecule has 0 saturated carbocycles. The normalized spacial score (nSPS) is 16.9. The highest BCUT2D eigenvalue weighted by atomic mass is 16.5. The van der Waals surface area contributed by atoms with Crippen LogP contribution in [-0.4, -0.2) is 34.6 Å². The predicted octanol–water partition coefficient (Wildman–Crippen LogP) is 2.31. The third-order valence-corrected chi connectivity index (χ3v) is 4.75. The third kappa shape index (κ3) is 4.29. The van der Waals surface area contributed by atoms with E-state index in [1.54, 1.807) is 11.6 Å². The second-order valence-electron chi connectivity index (χ2n) is 6.58. The second kappa shape index (κ2) is 7.55. The monoisotopic (exact) mass is 340 g/mol. The van der Waals surface area contributed by atoms with Gasteiger partial charge < -0.3 is 14.2 Å². The van der Waals surface area contributed by atoms with E-state index in [1.807, 2.05) is 48.2 Å². The van der Waals surface area contributed by atoms with Crippen molar-refractivity contribution in [3.63, 3.8) is 0 Å². The zero-order valence-electron chi connectivity index (χ0n) is 14.8. The van der Waals surface area contributed by atoms with Gasteiger partial charge in [-0.05, 0) is 25.0 Å². The van der Waals surface area contributed by atoms with Gasteiger partial charge in [-0.25, -0.2) is 0 Å². The lowest BCUT2D eigenvalue weighted by atomic mass is 10.1. The Morgan fingerprint density at radius 1 is 1.24 bits per heavy atom. The summed E-state index contributed by atoms with van der Waals surface area (Å²) in [5.41, 5.74) is 1.96. The summed E-state index contributed by atoms with van der Waals surface area (Å²) in [5.74, 6) is 0.749. The molecule has 0 spiro atoms. The lowest BCUT2D eigenvalue weighted by Crippen LogP contribution is -2.31. The number of amides is 1. The summed E-state index contributed by atoms with van der Waals surface area (Å²) in [6.45, 7) is 3.17. The maximum absolute atomic E-state index is 12.4. The van der Waals surface area contributed by atoms with E-state index < -0.39 is 0 Å². The quantitative estimate of drug-likeness (QED) is 0.839. The second-order valence-corrected chi connectivity index (χ2v) is 6.58. The Hall–Kier alpha value is -2.56. The Morgan fingerprint density at radius 2 is 2.00 bits per heavy atom. The average molecular weight is 340 g/mol. The van der Waals surface area contributed by atoms with Gasteiger partial charge in [-0.2, -0.15) is 0 Å². The summed E-state index contributed by atoms with van der Waals surface area (Å²) in [4.78, 5) is 26.1. The van der Waals surface area contributed by atoms with Crippen LogP contribution in [0.3, 0.4) is 0 Å². The number of aryl methyl sites for hydroxylation is 2. The van der Waals surface area contributed by atoms with Gasteiger partial charge in [0.15, 0.2) is 0 Å². The fourth-order valence-corrected chi connectivity index (χ4v) is 3.10. The number of likely N-dealkylation sites (tertiary alicyclic amines) is 1. The van der Waals surface area contributed by atoms with E-state index in [9.17, 15) is 9.59 Å². The standard InChI is InChI=1S/C20H24N2O3/c1-15-12-18(13-20(24)21(15)2)25-17-10-11-22(14-17)19(23)9-8-16-6-4-3-5-7-16/h3-7,12-13,17H,8-11,14H2,1-2H3/t17-/m0/s1. The number of hydrogen-bond donors (Lipinski definition) is 0. The van der Waals surface area contributed by atoms with Crippen LogP contribution in [0.5, 0.6) is 5.75 Å². The van der Waals surface area contributed by atoms with E-state index in [0.717, 1.165) is 18.5 Å². The van der Waals surface area contributed by atoms with Crippen molar-refractivity contribution in [1.82, 2.24) is 9.47 Å². The van der Waals surface area contributed by atoms with E-state index in [2.05, 4.69) is 0 Å². The van der Waals surface area contributed by atoms with Crippen molar-refractivity contribution < 1.29 is 9.53 Å². The molecule has 2 aromatic rings. The minimum atomic E-state index is -0.0798. The number of hydrogen-bond acceptors (Lipinski definition) is 3. The zero-order valence-corrected chi connectivity index (χ0v) is 14.8. The van der Waals surface area contributed by atoms with Crippen molar-refractivity contribution in [2.24, 2.45) is 7.05 Å². The van der Waals surface area contributed by atoms with E-state index >= 15 is 0 Å². The molecule has 1 aliphatic heterocycles. The molecule has 1 amide bonds. The molecule has 25 heavy (non-hydrogen) atoms. The zero-order chi connectivity index (χ0) is 17.8. The van der Waals surface area contributed by atoms with Gasteiger partial charge in [0.1, 0.15) is 11.9 Å². The van der Waals surface area contributed by atoms with Crippen molar-refractivity contribution in [3.05, 3.63) is 64.1 Å². The minimum Gasteiger partial charge on any atom is -0.488 e. The molecule has 0 radical (unpaired) electrons. The highest BCUT2D eigenvalue weighted by molar-refractivity contribution is 5.76. The molecule has 0 unspecified atom stereocenters. The van der Waals surface area contributed by atoms with Crippen LogP contribution < -0.4 is 10.3 Å². The smallest absolute Gasteiger partial charge is 0.254 e. The van der Waals surface area contributed by atoms with Crippen LogP contribution in [0.25, 0.3) is 0 Å². The van der Waals surface area contributed by atoms with Crippen molar-refractivity contribution in [2.75, 3.05) is 13.1 Å². The van der Waals surface area contributed by atoms with Gasteiger partial charge in [-0.15, -0.1) is 0 Å². The van der Waals surface area contributed by atoms with E-state index in [-0.39, 0.29) is 17.6 Å². The van der Waals surface area contributed by atoms with Crippen LogP contribution in [0.15, 0.2) is 47.3 Å². The largest absolute Gasteiger partial charge is 0.488 e. The first kappa shape index (κ1) is 17.3. The van der Waals surface area contributed by atoms with E-state index in [0.29, 0.717) is 25.3 Å². The van der Waals surface area contributed by atoms with E-state index in [1.165, 1.54) is 11.6 Å². The topological polar surface area (TPSA) is 51.5 Å². The Balaban J connectivity index is 1.53. The molecule has 0 aliphatic carbocycles. The Bertz CT molecular complexity index is 798. The average Bonchev–Trinajstić information content (AvgIpc) is 3.07. The molecule has 132 valence electrons. The molecule has 3 rings (SSSR count). The molecule has 1 aromatic heterocycles. The Kier molecular flexibility index (Phi) is 5.22. The van der Waals surface area contributed by atoms with Crippen molar-refractivity contribution >= 4 is 5.91 Å². The summed E-state index contributed by atoms with van der Waals surface area (Å²) >= 11 is 0. The first-order chi connectivity index (χ1) is 12.0. The minimum absolute atomic E-state index is 0.0489. The lowest BCUT2D eigenvalue weighted by Gasteiger charge is -2.18. The van der Waals surface area contributed by atoms with Crippen LogP contribution in [-0.2, 0) is 18.3 Å². The van der Waals surface area contributed by atoms with Gasteiger partial charge in [0.2, 0.25) is 5.91 Å². The van der Waals surface area contributed by atoms with Gasteiger partial charge >= 0.3 is 0 Å². The molecule has 1 fully saturated rings. The Labute approximate surface area is 147 Å². The number of aromatic nitrogens is 1. The summed E-state index contributed by atoms with van der Waals surface area (Å²) in [6, 6.07) is 13.4. The first-order valence-electron chi connectivity index (χ1n) is 8.69. The molecule has 5 nitrogen and oxygen atoms in total. The maximum atomic E-state index is 12.4. The summed E-state index contributed by atoms with van der Waals surface area (Å²) in [7, 11) is 1.74. The molecular weight excluding hydrogens is 316 g/mol.